The topological polar surface area (TPSA) is 49.4 Å². The van der Waals surface area contributed by atoms with E-state index in [2.05, 4.69) is 11.4 Å². The average molecular weight is 308 g/mol. The smallest absolute Gasteiger partial charge is 0.231 e. The van der Waals surface area contributed by atoms with Gasteiger partial charge in [0.05, 0.1) is 12.8 Å². The van der Waals surface area contributed by atoms with E-state index in [1.54, 1.807) is 11.9 Å². The summed E-state index contributed by atoms with van der Waals surface area (Å²) in [6.07, 6.45) is 0.752. The van der Waals surface area contributed by atoms with E-state index in [0.29, 0.717) is 19.4 Å². The molecule has 0 aromatic heterocycles. The van der Waals surface area contributed by atoms with Gasteiger partial charge in [-0.1, -0.05) is 42.0 Å². The van der Waals surface area contributed by atoms with E-state index < -0.39 is 0 Å². The number of amides is 2. The molecule has 1 aliphatic heterocycles. The molecule has 4 nitrogen and oxygen atoms in total. The third kappa shape index (κ3) is 3.42. The summed E-state index contributed by atoms with van der Waals surface area (Å²) >= 11 is 0. The second-order valence-corrected chi connectivity index (χ2v) is 6.04. The van der Waals surface area contributed by atoms with Crippen LogP contribution >= 0.6 is 0 Å². The molecule has 2 amide bonds. The Morgan fingerprint density at radius 1 is 1.17 bits per heavy atom. The highest BCUT2D eigenvalue weighted by molar-refractivity contribution is 6.01. The molecule has 0 atom stereocenters. The van der Waals surface area contributed by atoms with Gasteiger partial charge in [-0.15, -0.1) is 0 Å². The molecule has 0 saturated carbocycles. The van der Waals surface area contributed by atoms with Crippen LogP contribution in [0.5, 0.6) is 0 Å². The van der Waals surface area contributed by atoms with Crippen LogP contribution in [0.1, 0.15) is 22.3 Å². The van der Waals surface area contributed by atoms with E-state index >= 15 is 0 Å². The zero-order valence-corrected chi connectivity index (χ0v) is 13.4. The van der Waals surface area contributed by atoms with Crippen LogP contribution in [0, 0.1) is 6.92 Å². The van der Waals surface area contributed by atoms with Crippen LogP contribution in [0.3, 0.4) is 0 Å². The maximum absolute atomic E-state index is 12.1. The van der Waals surface area contributed by atoms with Crippen molar-refractivity contribution in [1.29, 1.82) is 0 Å². The summed E-state index contributed by atoms with van der Waals surface area (Å²) in [5, 5.41) is 2.94. The fourth-order valence-corrected chi connectivity index (χ4v) is 2.90. The molecule has 0 unspecified atom stereocenters. The summed E-state index contributed by atoms with van der Waals surface area (Å²) in [6.45, 7) is 2.57. The lowest BCUT2D eigenvalue weighted by molar-refractivity contribution is -0.120. The van der Waals surface area contributed by atoms with E-state index in [1.807, 2.05) is 43.3 Å². The Balaban J connectivity index is 1.60. The molecule has 3 rings (SSSR count). The van der Waals surface area contributed by atoms with E-state index in [4.69, 9.17) is 0 Å². The van der Waals surface area contributed by atoms with E-state index in [-0.39, 0.29) is 11.8 Å². The van der Waals surface area contributed by atoms with E-state index in [9.17, 15) is 9.59 Å². The quantitative estimate of drug-likeness (QED) is 0.943. The number of nitrogens with one attached hydrogen (secondary N) is 1. The largest absolute Gasteiger partial charge is 0.352 e. The second-order valence-electron chi connectivity index (χ2n) is 6.04. The lowest BCUT2D eigenvalue weighted by atomic mass is 10.1. The molecule has 0 saturated heterocycles. The minimum absolute atomic E-state index is 0.0101. The number of anilines is 1. The molecule has 118 valence electrons. The molecule has 1 N–H and O–H groups in total. The first kappa shape index (κ1) is 15.3. The van der Waals surface area contributed by atoms with Gasteiger partial charge >= 0.3 is 0 Å². The Morgan fingerprint density at radius 2 is 2.00 bits per heavy atom. The Hall–Kier alpha value is -2.62. The number of likely N-dealkylation sites (N-methyl/N-ethyl adjacent to an activating group) is 1. The fourth-order valence-electron chi connectivity index (χ4n) is 2.90. The number of hydrogen-bond acceptors (Lipinski definition) is 2. The minimum Gasteiger partial charge on any atom is -0.352 e. The molecule has 0 radical (unpaired) electrons. The Labute approximate surface area is 136 Å². The second kappa shape index (κ2) is 6.24. The number of carbonyl (C=O) groups is 2. The van der Waals surface area contributed by atoms with Crippen molar-refractivity contribution >= 4 is 17.5 Å². The molecule has 0 bridgehead atoms. The van der Waals surface area contributed by atoms with E-state index in [1.165, 1.54) is 5.56 Å². The molecule has 2 aromatic rings. The number of carbonyl (C=O) groups excluding carboxylic acids is 2. The zero-order chi connectivity index (χ0) is 16.4. The van der Waals surface area contributed by atoms with Crippen LogP contribution in [0.4, 0.5) is 5.69 Å². The van der Waals surface area contributed by atoms with Crippen molar-refractivity contribution in [3.05, 3.63) is 64.7 Å². The molecule has 1 aliphatic rings. The summed E-state index contributed by atoms with van der Waals surface area (Å²) in [5.74, 6) is 0.0881. The van der Waals surface area contributed by atoms with Crippen molar-refractivity contribution in [2.24, 2.45) is 0 Å². The maximum Gasteiger partial charge on any atom is 0.231 e. The summed E-state index contributed by atoms with van der Waals surface area (Å²) in [5.41, 5.74) is 5.16. The van der Waals surface area contributed by atoms with Crippen LogP contribution in [0.2, 0.25) is 0 Å². The van der Waals surface area contributed by atoms with Crippen LogP contribution in [-0.4, -0.2) is 18.9 Å². The summed E-state index contributed by atoms with van der Waals surface area (Å²) in [6, 6.07) is 13.9. The van der Waals surface area contributed by atoms with Crippen molar-refractivity contribution in [2.75, 3.05) is 11.9 Å². The highest BCUT2D eigenvalue weighted by Gasteiger charge is 2.23. The monoisotopic (exact) mass is 308 g/mol. The normalized spacial score (nSPS) is 13.1. The van der Waals surface area contributed by atoms with Gasteiger partial charge in [0.1, 0.15) is 0 Å². The van der Waals surface area contributed by atoms with Crippen molar-refractivity contribution in [3.8, 4) is 0 Å². The van der Waals surface area contributed by atoms with Gasteiger partial charge in [0.25, 0.3) is 0 Å². The van der Waals surface area contributed by atoms with Crippen molar-refractivity contribution in [2.45, 2.75) is 26.3 Å². The summed E-state index contributed by atoms with van der Waals surface area (Å²) in [7, 11) is 1.78. The van der Waals surface area contributed by atoms with Gasteiger partial charge in [-0.05, 0) is 29.7 Å². The number of fused-ring (bicyclic) bond motifs is 1. The number of nitrogens with zero attached hydrogens (tertiary/aromatic N) is 1. The molecule has 4 heteroatoms. The van der Waals surface area contributed by atoms with Gasteiger partial charge in [0.15, 0.2) is 0 Å². The van der Waals surface area contributed by atoms with Gasteiger partial charge in [0, 0.05) is 19.3 Å². The van der Waals surface area contributed by atoms with Gasteiger partial charge in [-0.2, -0.15) is 0 Å². The van der Waals surface area contributed by atoms with Crippen LogP contribution in [0.25, 0.3) is 0 Å². The van der Waals surface area contributed by atoms with Crippen LogP contribution in [0.15, 0.2) is 42.5 Å². The maximum atomic E-state index is 12.1. The zero-order valence-electron chi connectivity index (χ0n) is 13.4. The Morgan fingerprint density at radius 3 is 2.78 bits per heavy atom. The molecular weight excluding hydrogens is 288 g/mol. The Bertz CT molecular complexity index is 768. The molecule has 1 heterocycles. The molecule has 0 aliphatic carbocycles. The molecule has 0 fully saturated rings. The third-order valence-corrected chi connectivity index (χ3v) is 4.16. The summed E-state index contributed by atoms with van der Waals surface area (Å²) < 4.78 is 0. The predicted molar refractivity (Wildman–Crippen MR) is 90.3 cm³/mol. The highest BCUT2D eigenvalue weighted by Crippen LogP contribution is 2.28. The van der Waals surface area contributed by atoms with Gasteiger partial charge < -0.3 is 10.2 Å². The molecule has 23 heavy (non-hydrogen) atoms. The van der Waals surface area contributed by atoms with Gasteiger partial charge in [0.2, 0.25) is 11.8 Å². The lowest BCUT2D eigenvalue weighted by Crippen LogP contribution is -2.24. The van der Waals surface area contributed by atoms with Crippen molar-refractivity contribution in [1.82, 2.24) is 5.32 Å². The fraction of sp³-hybridized carbons (Fsp3) is 0.263. The van der Waals surface area contributed by atoms with Gasteiger partial charge in [-0.25, -0.2) is 0 Å². The van der Waals surface area contributed by atoms with Crippen molar-refractivity contribution in [3.63, 3.8) is 0 Å². The standard InChI is InChI=1S/C19H20N2O2/c1-13-4-3-5-15(8-13)12-20-18(22)10-14-6-7-17-16(9-14)11-19(23)21(17)2/h3-9H,10-12H2,1-2H3,(H,20,22). The van der Waals surface area contributed by atoms with Gasteiger partial charge in [-0.3, -0.25) is 9.59 Å². The number of aryl methyl sites for hydroxylation is 1. The Kier molecular flexibility index (Phi) is 4.15. The SMILES string of the molecule is Cc1cccc(CNC(=O)Cc2ccc3c(c2)CC(=O)N3C)c1. The van der Waals surface area contributed by atoms with Crippen LogP contribution in [-0.2, 0) is 29.0 Å². The average Bonchev–Trinajstić information content (AvgIpc) is 2.80. The molecule has 2 aromatic carbocycles. The highest BCUT2D eigenvalue weighted by atomic mass is 16.2. The van der Waals surface area contributed by atoms with Crippen LogP contribution < -0.4 is 10.2 Å². The number of hydrogen-bond donors (Lipinski definition) is 1. The first-order valence-corrected chi connectivity index (χ1v) is 7.73. The first-order chi connectivity index (χ1) is 11.0. The summed E-state index contributed by atoms with van der Waals surface area (Å²) in [4.78, 5) is 25.5. The lowest BCUT2D eigenvalue weighted by Gasteiger charge is -2.11. The molecular formula is C19H20N2O2. The first-order valence-electron chi connectivity index (χ1n) is 7.73. The van der Waals surface area contributed by atoms with Crippen molar-refractivity contribution < 1.29 is 9.59 Å². The third-order valence-electron chi connectivity index (χ3n) is 4.16. The number of benzene rings is 2. The minimum atomic E-state index is -0.0101. The van der Waals surface area contributed by atoms with E-state index in [0.717, 1.165) is 22.4 Å². The number of rotatable bonds is 4. The predicted octanol–water partition coefficient (Wildman–Crippen LogP) is 2.37. The molecule has 0 spiro atoms.